The number of aromatic nitrogens is 1. The highest BCUT2D eigenvalue weighted by molar-refractivity contribution is 8.76. The van der Waals surface area contributed by atoms with E-state index >= 15 is 0 Å². The maximum Gasteiger partial charge on any atom is 0.355 e. The molecule has 129 heavy (non-hydrogen) atoms. The van der Waals surface area contributed by atoms with Crippen LogP contribution in [0.25, 0.3) is 0 Å². The summed E-state index contributed by atoms with van der Waals surface area (Å²) in [5.74, 6) is -3.29. The van der Waals surface area contributed by atoms with Gasteiger partial charge in [0.1, 0.15) is 96.6 Å². The van der Waals surface area contributed by atoms with Crippen LogP contribution in [0.5, 0.6) is 0 Å². The topological polar surface area (TPSA) is 835 Å². The van der Waals surface area contributed by atoms with Crippen molar-refractivity contribution in [3.8, 4) is 0 Å². The van der Waals surface area contributed by atoms with Gasteiger partial charge in [-0.3, -0.25) is 47.9 Å². The summed E-state index contributed by atoms with van der Waals surface area (Å²) in [5, 5.41) is 213. The second kappa shape index (κ2) is 91.8. The van der Waals surface area contributed by atoms with Crippen molar-refractivity contribution in [2.45, 2.75) is 211 Å². The van der Waals surface area contributed by atoms with Crippen LogP contribution in [0.4, 0.5) is 0 Å². The molecule has 762 valence electrons. The van der Waals surface area contributed by atoms with Gasteiger partial charge >= 0.3 is 1.28 Å². The molecule has 48 nitrogen and oxygen atoms in total. The normalized spacial score (nSPS) is 15.6. The van der Waals surface area contributed by atoms with Gasteiger partial charge < -0.3 is 191 Å². The number of hydrogen-bond acceptors (Lipinski definition) is 44. The SMILES string of the molecule is CO[C@H](C(O)CO)[C@H](O)C(O)C(=O)NCCCCN.CO[C@H](C(O)CO)[C@H](O)C(O)C(=O)NCCCCNC(=O)CCS.CO[C@H](C(O)CO)[C@H](O)C(O)C(=O)NCCCCNC(=O)CCSSc1ccccn1.CO[C@H](C(O)CO)[C@H](O)C(O)C(=O)NCCCCNC(=O)CS.CO[C@H](C(O)CO)[C@H](O)C(O)C(=O)NCCCCNC(=O)CSC(C)=O.N.O.P.[2H][P+](P)=S. The Morgan fingerprint density at radius 1 is 0.450 bits per heavy atom. The number of hydrogen-bond donors (Lipinski definition) is 33. The molecule has 36 N–H and O–H groups in total. The number of nitrogens with two attached hydrogens (primary N) is 1. The second-order valence-corrected chi connectivity index (χ2v) is 33.5. The van der Waals surface area contributed by atoms with Crippen molar-refractivity contribution in [3.63, 3.8) is 0 Å². The molecule has 57 heteroatoms. The zero-order chi connectivity index (χ0) is 98.0. The number of nitrogens with zero attached hydrogens (tertiary/aromatic N) is 1. The molecular weight excluding hydrogens is 1890 g/mol. The minimum atomic E-state index is -1.83. The first-order chi connectivity index (χ1) is 60.1. The molecule has 0 spiro atoms. The Kier molecular flexibility index (Phi) is 98.3. The number of carbonyl (C=O) groups excluding carboxylic acids is 10. The Balaban J connectivity index is -0.000000236. The van der Waals surface area contributed by atoms with Crippen LogP contribution in [0.15, 0.2) is 29.4 Å². The molecule has 1 aromatic heterocycles. The van der Waals surface area contributed by atoms with Gasteiger partial charge in [0.2, 0.25) is 23.6 Å². The fourth-order valence-electron chi connectivity index (χ4n) is 9.76. The fourth-order valence-corrected chi connectivity index (χ4v) is 12.4. The van der Waals surface area contributed by atoms with Crippen molar-refractivity contribution >= 4 is 155 Å². The summed E-state index contributed by atoms with van der Waals surface area (Å²) in [6, 6.07) is 5.66. The van der Waals surface area contributed by atoms with E-state index in [1.807, 2.05) is 18.2 Å². The van der Waals surface area contributed by atoms with Crippen molar-refractivity contribution in [2.24, 2.45) is 5.73 Å². The second-order valence-electron chi connectivity index (χ2n) is 26.4. The predicted octanol–water partition coefficient (Wildman–Crippen LogP) is -11.6. The Bertz CT molecular complexity index is 3070. The van der Waals surface area contributed by atoms with Crippen LogP contribution in [0.1, 0.15) is 84.0 Å². The molecule has 9 amide bonds. The lowest BCUT2D eigenvalue weighted by Crippen LogP contribution is -2.52. The van der Waals surface area contributed by atoms with E-state index in [-0.39, 0.29) is 88.0 Å². The predicted molar refractivity (Wildman–Crippen MR) is 500 cm³/mol. The summed E-state index contributed by atoms with van der Waals surface area (Å²) in [6.45, 7) is 0.700. The van der Waals surface area contributed by atoms with Crippen LogP contribution in [-0.2, 0) is 83.4 Å². The van der Waals surface area contributed by atoms with Crippen LogP contribution < -0.4 is 59.7 Å². The average molecular weight is 2040 g/mol. The van der Waals surface area contributed by atoms with Crippen molar-refractivity contribution in [3.05, 3.63) is 24.4 Å². The number of thiol groups is 2. The van der Waals surface area contributed by atoms with E-state index < -0.39 is 192 Å². The number of ether oxygens (including phenoxy) is 5. The van der Waals surface area contributed by atoms with Gasteiger partial charge in [-0.05, 0) is 99.4 Å². The zero-order valence-corrected chi connectivity index (χ0v) is 81.9. The van der Waals surface area contributed by atoms with Crippen molar-refractivity contribution in [2.75, 3.05) is 157 Å². The summed E-state index contributed by atoms with van der Waals surface area (Å²) in [4.78, 5) is 119. The monoisotopic (exact) mass is 2040 g/mol. The molecule has 13 unspecified atom stereocenters. The molecule has 0 saturated heterocycles. The summed E-state index contributed by atoms with van der Waals surface area (Å²) in [5.41, 5.74) is 5.29. The number of unbranched alkanes of at least 4 members (excludes halogenated alkanes) is 5. The minimum absolute atomic E-state index is 0. The van der Waals surface area contributed by atoms with E-state index in [0.717, 1.165) is 23.2 Å². The highest BCUT2D eigenvalue weighted by atomic mass is 33.1. The van der Waals surface area contributed by atoms with Gasteiger partial charge in [0.15, 0.2) is 54.4 Å². The summed E-state index contributed by atoms with van der Waals surface area (Å²) >= 11 is 13.0. The number of amides is 9. The van der Waals surface area contributed by atoms with Crippen LogP contribution in [0.2, 0.25) is 0 Å². The zero-order valence-electron chi connectivity index (χ0n) is 74.3. The number of pyridine rings is 1. The van der Waals surface area contributed by atoms with E-state index in [1.165, 1.54) is 53.3 Å². The third-order valence-corrected chi connectivity index (χ3v) is 20.3. The first kappa shape index (κ1) is 138. The molecule has 1 heterocycles. The number of thioether (sulfide) groups is 1. The molecular formula is C72H148N12O36P3S6+. The smallest absolute Gasteiger partial charge is 0.355 e. The van der Waals surface area contributed by atoms with Crippen molar-refractivity contribution < 1.29 is 179 Å². The molecule has 0 saturated carbocycles. The number of rotatable bonds is 64. The van der Waals surface area contributed by atoms with E-state index in [2.05, 4.69) is 98.8 Å². The number of carbonyl (C=O) groups is 10. The van der Waals surface area contributed by atoms with Gasteiger partial charge in [0, 0.05) is 126 Å². The summed E-state index contributed by atoms with van der Waals surface area (Å²) in [7, 11) is 11.2. The Morgan fingerprint density at radius 2 is 0.698 bits per heavy atom. The van der Waals surface area contributed by atoms with Gasteiger partial charge in [-0.1, -0.05) is 28.6 Å². The van der Waals surface area contributed by atoms with E-state index in [0.29, 0.717) is 121 Å². The van der Waals surface area contributed by atoms with Gasteiger partial charge in [0.05, 0.1) is 53.5 Å². The molecule has 0 aromatic carbocycles. The fraction of sp³-hybridized carbons (Fsp3) is 0.792. The maximum absolute atomic E-state index is 11.9. The average Bonchev–Trinajstić information content (AvgIpc) is 0.889. The lowest BCUT2D eigenvalue weighted by Gasteiger charge is -2.27. The molecule has 0 fully saturated rings. The van der Waals surface area contributed by atoms with Gasteiger partial charge in [-0.25, -0.2) is 4.98 Å². The molecule has 0 aliphatic carbocycles. The molecule has 23 atom stereocenters. The summed E-state index contributed by atoms with van der Waals surface area (Å²) in [6.07, 6.45) is -22.4. The van der Waals surface area contributed by atoms with Crippen LogP contribution in [0, 0.1) is 0 Å². The number of nitrogens with one attached hydrogen (secondary N) is 9. The Labute approximate surface area is 787 Å². The number of methoxy groups -OCH3 is 5. The van der Waals surface area contributed by atoms with Gasteiger partial charge in [-0.15, -0.1) is 0 Å². The highest BCUT2D eigenvalue weighted by Gasteiger charge is 2.40. The first-order valence-corrected chi connectivity index (χ1v) is 47.5. The van der Waals surface area contributed by atoms with E-state index in [1.54, 1.807) is 17.0 Å². The summed E-state index contributed by atoms with van der Waals surface area (Å²) < 4.78 is 30.4. The third-order valence-electron chi connectivity index (χ3n) is 16.7. The van der Waals surface area contributed by atoms with Crippen LogP contribution in [0.3, 0.4) is 0 Å². The van der Waals surface area contributed by atoms with Crippen molar-refractivity contribution in [1.29, 1.82) is 1.28 Å². The quantitative estimate of drug-likeness (QED) is 0.0125. The lowest BCUT2D eigenvalue weighted by atomic mass is 10.0. The molecule has 1 aromatic rings. The van der Waals surface area contributed by atoms with Gasteiger partial charge in [0.25, 0.3) is 29.5 Å². The number of aliphatic hydroxyl groups is 20. The van der Waals surface area contributed by atoms with E-state index in [4.69, 9.17) is 56.2 Å². The Morgan fingerprint density at radius 3 is 0.922 bits per heavy atom. The van der Waals surface area contributed by atoms with Gasteiger partial charge in [-0.2, -0.15) is 35.2 Å². The third kappa shape index (κ3) is 69.5. The molecule has 0 aliphatic rings. The molecule has 0 bridgehead atoms. The molecule has 1 rings (SSSR count). The highest BCUT2D eigenvalue weighted by Crippen LogP contribution is 2.29. The number of aliphatic hydroxyl groups excluding tert-OH is 20. The lowest BCUT2D eigenvalue weighted by molar-refractivity contribution is -0.154. The van der Waals surface area contributed by atoms with E-state index in [9.17, 15) is 125 Å². The standard InChI is InChI=1S/C19H31N3O7S2.C15H28N2O8S.C14H28N2O7S.C13H26N2O7S.C11H24N2O6.H3N.H2O.H2P2S.H3P/c1-29-18(13(24)12-23)16(26)17(27)19(28)22-10-5-4-8-20-14(25)7-11-30-31-15-6-2-3-9-21-15;1-9(19)26-8-11(21)16-5-3-4-6-17-15(24)13(23)12(22)14(25-2)10(20)7-18;1-23-13(9(18)8-17)11(20)12(21)14(22)16-6-3-2-5-15-10(19)4-7-24;1-22-12(8(17)6-16)10(19)11(20)13(21)15-5-3-2-4-14-9(18)7-23;1-19-10(7(15)6-14)8(16)9(17)11(18)13-5-3-2-4-12;;;1-2-3;/h2-3,6,9,13,16-18,23-24,26-27H,4-5,7-8,10-12H2,1H3,(H,20,25)(H,22,28);10,12-14,18,20,22-23H,3-8H2,1-2H3,(H,16,21)(H,17,24);9,11-13,17-18,20-21,24H,2-8H2,1H3,(H,15,19)(H,16,22);8,10-12,16-17,19-20,23H,2-7H2,1H3,(H,14,18)(H,15,21);7-10,14-17H,2-6,12H2,1H3,(H,13,18);1H3;1H2;1H2;1H3/p+1/t13?,16-,17?,18-;10?,12-,13?,14-;9?,11-,12?,13-;8?,10-,11?,12-;7?,8-,9?,10-;;;;/m11111..../s1/i/hD. The molecule has 0 radical (unpaired) electrons. The largest absolute Gasteiger partial charge is 0.412 e. The maximum atomic E-state index is 11.9. The molecule has 0 aliphatic heterocycles. The van der Waals surface area contributed by atoms with Crippen molar-refractivity contribution in [1.82, 2.24) is 59.0 Å². The minimum Gasteiger partial charge on any atom is -0.412 e. The Hall–Kier alpha value is -3.94. The van der Waals surface area contributed by atoms with Crippen LogP contribution in [-0.4, -0.2) is 451 Å². The first-order valence-electron chi connectivity index (χ1n) is 39.9. The van der Waals surface area contributed by atoms with Crippen LogP contribution >= 0.6 is 84.4 Å².